The Kier molecular flexibility index (Phi) is 7.35. The van der Waals surface area contributed by atoms with Gasteiger partial charge < -0.3 is 9.84 Å². The van der Waals surface area contributed by atoms with E-state index in [1.807, 2.05) is 18.8 Å². The molecule has 0 fully saturated rings. The van der Waals surface area contributed by atoms with E-state index in [0.29, 0.717) is 12.0 Å². The van der Waals surface area contributed by atoms with Crippen molar-refractivity contribution in [2.45, 2.75) is 51.8 Å². The van der Waals surface area contributed by atoms with Crippen molar-refractivity contribution < 1.29 is 4.52 Å². The molecule has 4 nitrogen and oxygen atoms in total. The predicted octanol–water partition coefficient (Wildman–Crippen LogP) is 2.89. The molecule has 0 saturated carbocycles. The monoisotopic (exact) mass is 271 g/mol. The molecule has 0 amide bonds. The Morgan fingerprint density at radius 1 is 1.39 bits per heavy atom. The molecule has 104 valence electrons. The zero-order valence-corrected chi connectivity index (χ0v) is 12.7. The number of hydrogen-bond donors (Lipinski definition) is 1. The van der Waals surface area contributed by atoms with Crippen LogP contribution in [0.3, 0.4) is 0 Å². The topological polar surface area (TPSA) is 51.0 Å². The maximum atomic E-state index is 5.29. The van der Waals surface area contributed by atoms with Gasteiger partial charge >= 0.3 is 0 Å². The normalized spacial score (nSPS) is 13.2. The van der Waals surface area contributed by atoms with Crippen LogP contribution in [-0.4, -0.2) is 29.0 Å². The van der Waals surface area contributed by atoms with Gasteiger partial charge in [0.2, 0.25) is 5.89 Å². The Morgan fingerprint density at radius 2 is 2.17 bits per heavy atom. The third kappa shape index (κ3) is 5.87. The number of nitrogens with one attached hydrogen (secondary N) is 1. The number of aromatic nitrogens is 2. The second kappa shape index (κ2) is 8.53. The number of hydrogen-bond acceptors (Lipinski definition) is 5. The molecule has 0 radical (unpaired) electrons. The van der Waals surface area contributed by atoms with E-state index in [-0.39, 0.29) is 0 Å². The van der Waals surface area contributed by atoms with Crippen LogP contribution in [0.25, 0.3) is 0 Å². The van der Waals surface area contributed by atoms with Crippen molar-refractivity contribution in [2.75, 3.05) is 12.8 Å². The van der Waals surface area contributed by atoms with Gasteiger partial charge in [-0.15, -0.1) is 0 Å². The van der Waals surface area contributed by atoms with Crippen molar-refractivity contribution in [2.24, 2.45) is 5.92 Å². The minimum atomic E-state index is 0.437. The second-order valence-corrected chi connectivity index (χ2v) is 6.02. The van der Waals surface area contributed by atoms with Gasteiger partial charge in [-0.2, -0.15) is 16.7 Å². The molecule has 5 heteroatoms. The van der Waals surface area contributed by atoms with Gasteiger partial charge in [0.25, 0.3) is 0 Å². The zero-order chi connectivity index (χ0) is 13.4. The van der Waals surface area contributed by atoms with Gasteiger partial charge in [-0.05, 0) is 25.1 Å². The van der Waals surface area contributed by atoms with E-state index in [1.54, 1.807) is 0 Å². The van der Waals surface area contributed by atoms with Gasteiger partial charge in [-0.1, -0.05) is 32.3 Å². The van der Waals surface area contributed by atoms with Crippen molar-refractivity contribution >= 4 is 11.8 Å². The largest absolute Gasteiger partial charge is 0.339 e. The Balaban J connectivity index is 2.37. The Hall–Kier alpha value is -0.550. The Labute approximate surface area is 114 Å². The van der Waals surface area contributed by atoms with E-state index in [0.717, 1.165) is 42.5 Å². The van der Waals surface area contributed by atoms with Crippen LogP contribution < -0.4 is 5.32 Å². The number of nitrogens with zero attached hydrogens (tertiary/aromatic N) is 2. The first-order chi connectivity index (χ1) is 8.65. The summed E-state index contributed by atoms with van der Waals surface area (Å²) < 4.78 is 5.29. The fourth-order valence-corrected chi connectivity index (χ4v) is 2.61. The van der Waals surface area contributed by atoms with E-state index < -0.39 is 0 Å². The molecule has 1 N–H and O–H groups in total. The van der Waals surface area contributed by atoms with Crippen LogP contribution in [-0.2, 0) is 12.2 Å². The lowest BCUT2D eigenvalue weighted by atomic mass is 10.1. The van der Waals surface area contributed by atoms with Gasteiger partial charge in [-0.25, -0.2) is 0 Å². The molecule has 0 aliphatic heterocycles. The first-order valence-electron chi connectivity index (χ1n) is 6.72. The lowest BCUT2D eigenvalue weighted by molar-refractivity contribution is 0.353. The molecule has 0 aliphatic rings. The molecule has 0 aliphatic carbocycles. The lowest BCUT2D eigenvalue weighted by Gasteiger charge is -2.11. The minimum absolute atomic E-state index is 0.437. The van der Waals surface area contributed by atoms with Crippen molar-refractivity contribution in [3.05, 3.63) is 11.7 Å². The molecule has 1 aromatic heterocycles. The van der Waals surface area contributed by atoms with E-state index in [2.05, 4.69) is 36.2 Å². The summed E-state index contributed by atoms with van der Waals surface area (Å²) in [4.78, 5) is 4.44. The molecule has 0 aromatic carbocycles. The van der Waals surface area contributed by atoms with Gasteiger partial charge in [0.1, 0.15) is 0 Å². The molecular weight excluding hydrogens is 246 g/mol. The van der Waals surface area contributed by atoms with Crippen LogP contribution in [0.15, 0.2) is 4.52 Å². The van der Waals surface area contributed by atoms with Gasteiger partial charge in [-0.3, -0.25) is 0 Å². The number of thioether (sulfide) groups is 1. The van der Waals surface area contributed by atoms with Gasteiger partial charge in [0.15, 0.2) is 5.82 Å². The van der Waals surface area contributed by atoms with Crippen LogP contribution in [0.4, 0.5) is 0 Å². The summed E-state index contributed by atoms with van der Waals surface area (Å²) in [6.45, 7) is 6.62. The molecule has 1 aromatic rings. The highest BCUT2D eigenvalue weighted by Crippen LogP contribution is 2.14. The van der Waals surface area contributed by atoms with Crippen molar-refractivity contribution in [3.8, 4) is 0 Å². The quantitative estimate of drug-likeness (QED) is 0.748. The van der Waals surface area contributed by atoms with Gasteiger partial charge in [0.05, 0.1) is 5.75 Å². The Bertz CT molecular complexity index is 328. The van der Waals surface area contributed by atoms with Crippen LogP contribution in [0.2, 0.25) is 0 Å². The van der Waals surface area contributed by atoms with Crippen LogP contribution in [0.5, 0.6) is 0 Å². The molecule has 1 unspecified atom stereocenters. The summed E-state index contributed by atoms with van der Waals surface area (Å²) in [5, 5.41) is 7.31. The summed E-state index contributed by atoms with van der Waals surface area (Å²) in [5.74, 6) is 4.27. The van der Waals surface area contributed by atoms with Gasteiger partial charge in [0, 0.05) is 12.5 Å². The predicted molar refractivity (Wildman–Crippen MR) is 76.8 cm³/mol. The average molecular weight is 271 g/mol. The summed E-state index contributed by atoms with van der Waals surface area (Å²) >= 11 is 1.86. The highest BCUT2D eigenvalue weighted by Gasteiger charge is 2.12. The molecule has 0 spiro atoms. The standard InChI is InChI=1S/C13H25N3OS/c1-5-6-11(14-4)7-13-15-12(16-17-13)9-18-8-10(2)3/h10-11,14H,5-9H2,1-4H3. The SMILES string of the molecule is CCCC(Cc1nc(CSCC(C)C)no1)NC. The van der Waals surface area contributed by atoms with Crippen molar-refractivity contribution in [3.63, 3.8) is 0 Å². The average Bonchev–Trinajstić information content (AvgIpc) is 2.76. The van der Waals surface area contributed by atoms with Crippen LogP contribution in [0.1, 0.15) is 45.3 Å². The zero-order valence-electron chi connectivity index (χ0n) is 11.9. The van der Waals surface area contributed by atoms with Crippen LogP contribution in [0, 0.1) is 5.92 Å². The third-order valence-electron chi connectivity index (χ3n) is 2.66. The van der Waals surface area contributed by atoms with Crippen molar-refractivity contribution in [1.29, 1.82) is 0 Å². The van der Waals surface area contributed by atoms with Crippen LogP contribution >= 0.6 is 11.8 Å². The molecular formula is C13H25N3OS. The fourth-order valence-electron chi connectivity index (χ4n) is 1.73. The van der Waals surface area contributed by atoms with E-state index in [9.17, 15) is 0 Å². The Morgan fingerprint density at radius 3 is 2.78 bits per heavy atom. The second-order valence-electron chi connectivity index (χ2n) is 4.99. The van der Waals surface area contributed by atoms with E-state index in [1.165, 1.54) is 0 Å². The summed E-state index contributed by atoms with van der Waals surface area (Å²) in [5.41, 5.74) is 0. The van der Waals surface area contributed by atoms with E-state index >= 15 is 0 Å². The smallest absolute Gasteiger partial charge is 0.228 e. The minimum Gasteiger partial charge on any atom is -0.339 e. The van der Waals surface area contributed by atoms with Crippen molar-refractivity contribution in [1.82, 2.24) is 15.5 Å². The highest BCUT2D eigenvalue weighted by molar-refractivity contribution is 7.98. The first-order valence-corrected chi connectivity index (χ1v) is 7.87. The summed E-state index contributed by atoms with van der Waals surface area (Å²) in [6.07, 6.45) is 3.12. The molecule has 0 saturated heterocycles. The summed E-state index contributed by atoms with van der Waals surface area (Å²) in [7, 11) is 1.98. The third-order valence-corrected chi connectivity index (χ3v) is 4.02. The first kappa shape index (κ1) is 15.5. The number of likely N-dealkylation sites (N-methyl/N-ethyl adjacent to an activating group) is 1. The fraction of sp³-hybridized carbons (Fsp3) is 0.846. The number of rotatable bonds is 9. The molecule has 0 bridgehead atoms. The summed E-state index contributed by atoms with van der Waals surface area (Å²) in [6, 6.07) is 0.437. The molecule has 18 heavy (non-hydrogen) atoms. The highest BCUT2D eigenvalue weighted by atomic mass is 32.2. The maximum Gasteiger partial charge on any atom is 0.228 e. The lowest BCUT2D eigenvalue weighted by Crippen LogP contribution is -2.27. The molecule has 1 rings (SSSR count). The molecule has 1 heterocycles. The maximum absolute atomic E-state index is 5.29. The van der Waals surface area contributed by atoms with E-state index in [4.69, 9.17) is 4.52 Å². The molecule has 1 atom stereocenters.